The Morgan fingerprint density at radius 1 is 1.29 bits per heavy atom. The van der Waals surface area contributed by atoms with Crippen molar-refractivity contribution in [2.24, 2.45) is 5.92 Å². The Morgan fingerprint density at radius 3 is 2.86 bits per heavy atom. The molecule has 0 radical (unpaired) electrons. The van der Waals surface area contributed by atoms with Crippen molar-refractivity contribution in [3.8, 4) is 0 Å². The third kappa shape index (κ3) is 3.49. The van der Waals surface area contributed by atoms with Crippen LogP contribution in [-0.2, 0) is 0 Å². The lowest BCUT2D eigenvalue weighted by Crippen LogP contribution is -2.61. The summed E-state index contributed by atoms with van der Waals surface area (Å²) in [5.41, 5.74) is 0. The van der Waals surface area contributed by atoms with Gasteiger partial charge in [-0.25, -0.2) is 4.98 Å². The van der Waals surface area contributed by atoms with Crippen LogP contribution in [0.1, 0.15) is 51.0 Å². The van der Waals surface area contributed by atoms with E-state index in [1.165, 1.54) is 50.4 Å². The van der Waals surface area contributed by atoms with E-state index in [0.717, 1.165) is 12.0 Å². The van der Waals surface area contributed by atoms with E-state index in [1.54, 1.807) is 11.3 Å². The molecule has 2 aliphatic rings. The maximum absolute atomic E-state index is 4.51. The van der Waals surface area contributed by atoms with Gasteiger partial charge in [0, 0.05) is 49.2 Å². The molecule has 0 aliphatic carbocycles. The highest BCUT2D eigenvalue weighted by Crippen LogP contribution is 2.29. The molecular formula is C17H29N3S. The maximum atomic E-state index is 4.51. The molecule has 3 unspecified atom stereocenters. The number of nitrogens with zero attached hydrogens (tertiary/aromatic N) is 3. The second-order valence-corrected chi connectivity index (χ2v) is 8.11. The standard InChI is InChI=1S/C17H29N3S/c1-13(2)16-12-19-8-5-4-6-15(19)11-20(16)10-14(3)17-18-7-9-21-17/h7,9,13-16H,4-6,8,10-12H2,1-3H3. The summed E-state index contributed by atoms with van der Waals surface area (Å²) in [4.78, 5) is 10.0. The van der Waals surface area contributed by atoms with E-state index < -0.39 is 0 Å². The maximum Gasteiger partial charge on any atom is 0.0965 e. The Bertz CT molecular complexity index is 431. The first-order chi connectivity index (χ1) is 10.1. The number of aromatic nitrogens is 1. The molecule has 21 heavy (non-hydrogen) atoms. The van der Waals surface area contributed by atoms with E-state index in [4.69, 9.17) is 0 Å². The van der Waals surface area contributed by atoms with Gasteiger partial charge in [0.15, 0.2) is 0 Å². The highest BCUT2D eigenvalue weighted by molar-refractivity contribution is 7.09. The van der Waals surface area contributed by atoms with Gasteiger partial charge in [-0.2, -0.15) is 0 Å². The van der Waals surface area contributed by atoms with E-state index >= 15 is 0 Å². The van der Waals surface area contributed by atoms with Crippen LogP contribution in [0.5, 0.6) is 0 Å². The number of piperazine rings is 1. The number of thiazole rings is 1. The Hall–Kier alpha value is -0.450. The molecule has 0 N–H and O–H groups in total. The fourth-order valence-electron chi connectivity index (χ4n) is 4.02. The van der Waals surface area contributed by atoms with Crippen molar-refractivity contribution in [3.63, 3.8) is 0 Å². The first-order valence-electron chi connectivity index (χ1n) is 8.52. The molecule has 0 spiro atoms. The zero-order valence-corrected chi connectivity index (χ0v) is 14.5. The van der Waals surface area contributed by atoms with Crippen LogP contribution in [0.2, 0.25) is 0 Å². The molecule has 118 valence electrons. The van der Waals surface area contributed by atoms with Gasteiger partial charge in [-0.05, 0) is 25.3 Å². The van der Waals surface area contributed by atoms with E-state index in [-0.39, 0.29) is 0 Å². The van der Waals surface area contributed by atoms with E-state index in [0.29, 0.717) is 12.0 Å². The zero-order chi connectivity index (χ0) is 14.8. The van der Waals surface area contributed by atoms with Crippen molar-refractivity contribution < 1.29 is 0 Å². The van der Waals surface area contributed by atoms with E-state index in [2.05, 4.69) is 40.9 Å². The first-order valence-corrected chi connectivity index (χ1v) is 9.40. The van der Waals surface area contributed by atoms with Crippen molar-refractivity contribution >= 4 is 11.3 Å². The molecule has 3 rings (SSSR count). The van der Waals surface area contributed by atoms with Crippen LogP contribution < -0.4 is 0 Å². The summed E-state index contributed by atoms with van der Waals surface area (Å²) in [7, 11) is 0. The fourth-order valence-corrected chi connectivity index (χ4v) is 4.71. The average molecular weight is 308 g/mol. The van der Waals surface area contributed by atoms with Gasteiger partial charge in [0.1, 0.15) is 0 Å². The Kier molecular flexibility index (Phi) is 4.97. The summed E-state index contributed by atoms with van der Waals surface area (Å²) in [5, 5.41) is 3.40. The number of piperidine rings is 1. The lowest BCUT2D eigenvalue weighted by molar-refractivity contribution is -0.00957. The van der Waals surface area contributed by atoms with Crippen LogP contribution in [0.3, 0.4) is 0 Å². The average Bonchev–Trinajstić information content (AvgIpc) is 3.00. The molecule has 3 nitrogen and oxygen atoms in total. The molecule has 2 fully saturated rings. The van der Waals surface area contributed by atoms with Crippen LogP contribution in [0.4, 0.5) is 0 Å². The molecule has 3 atom stereocenters. The highest BCUT2D eigenvalue weighted by atomic mass is 32.1. The molecular weight excluding hydrogens is 278 g/mol. The second kappa shape index (κ2) is 6.76. The van der Waals surface area contributed by atoms with E-state index in [1.807, 2.05) is 6.20 Å². The van der Waals surface area contributed by atoms with Crippen molar-refractivity contribution in [3.05, 3.63) is 16.6 Å². The molecule has 1 aromatic rings. The number of hydrogen-bond donors (Lipinski definition) is 0. The fraction of sp³-hybridized carbons (Fsp3) is 0.824. The van der Waals surface area contributed by atoms with Gasteiger partial charge >= 0.3 is 0 Å². The lowest BCUT2D eigenvalue weighted by atomic mass is 9.91. The van der Waals surface area contributed by atoms with Gasteiger partial charge in [-0.15, -0.1) is 11.3 Å². The minimum Gasteiger partial charge on any atom is -0.298 e. The van der Waals surface area contributed by atoms with Gasteiger partial charge in [-0.3, -0.25) is 9.80 Å². The molecule has 0 bridgehead atoms. The zero-order valence-electron chi connectivity index (χ0n) is 13.7. The lowest BCUT2D eigenvalue weighted by Gasteiger charge is -2.50. The molecule has 1 aromatic heterocycles. The minimum atomic E-state index is 0.557. The largest absolute Gasteiger partial charge is 0.298 e. The van der Waals surface area contributed by atoms with E-state index in [9.17, 15) is 0 Å². The van der Waals surface area contributed by atoms with Crippen molar-refractivity contribution in [2.75, 3.05) is 26.2 Å². The normalized spacial score (nSPS) is 29.5. The van der Waals surface area contributed by atoms with Crippen LogP contribution in [-0.4, -0.2) is 53.0 Å². The monoisotopic (exact) mass is 307 g/mol. The topological polar surface area (TPSA) is 19.4 Å². The molecule has 2 saturated heterocycles. The van der Waals surface area contributed by atoms with Crippen LogP contribution in [0, 0.1) is 5.92 Å². The minimum absolute atomic E-state index is 0.557. The second-order valence-electron chi connectivity index (χ2n) is 7.18. The van der Waals surface area contributed by atoms with Gasteiger partial charge < -0.3 is 0 Å². The molecule has 4 heteroatoms. The number of fused-ring (bicyclic) bond motifs is 1. The third-order valence-corrected chi connectivity index (χ3v) is 6.24. The summed E-state index contributed by atoms with van der Waals surface area (Å²) >= 11 is 1.80. The van der Waals surface area contributed by atoms with Gasteiger partial charge in [0.25, 0.3) is 0 Å². The predicted octanol–water partition coefficient (Wildman–Crippen LogP) is 3.44. The molecule has 0 saturated carbocycles. The highest BCUT2D eigenvalue weighted by Gasteiger charge is 2.36. The predicted molar refractivity (Wildman–Crippen MR) is 89.9 cm³/mol. The number of rotatable bonds is 4. The molecule has 3 heterocycles. The first kappa shape index (κ1) is 15.4. The van der Waals surface area contributed by atoms with Gasteiger partial charge in [0.2, 0.25) is 0 Å². The summed E-state index contributed by atoms with van der Waals surface area (Å²) in [5.74, 6) is 1.29. The van der Waals surface area contributed by atoms with Crippen molar-refractivity contribution in [1.29, 1.82) is 0 Å². The van der Waals surface area contributed by atoms with Crippen LogP contribution in [0.15, 0.2) is 11.6 Å². The van der Waals surface area contributed by atoms with Crippen LogP contribution >= 0.6 is 11.3 Å². The Balaban J connectivity index is 1.68. The summed E-state index contributed by atoms with van der Waals surface area (Å²) in [6.45, 7) is 12.1. The molecule has 0 amide bonds. The van der Waals surface area contributed by atoms with Crippen LogP contribution in [0.25, 0.3) is 0 Å². The SMILES string of the molecule is CC(CN1CC2CCCCN2CC1C(C)C)c1nccs1. The summed E-state index contributed by atoms with van der Waals surface area (Å²) in [6, 6.07) is 1.51. The van der Waals surface area contributed by atoms with Gasteiger partial charge in [0.05, 0.1) is 5.01 Å². The molecule has 0 aromatic carbocycles. The Morgan fingerprint density at radius 2 is 2.14 bits per heavy atom. The Labute approximate surface area is 133 Å². The summed E-state index contributed by atoms with van der Waals surface area (Å²) in [6.07, 6.45) is 6.16. The summed E-state index contributed by atoms with van der Waals surface area (Å²) < 4.78 is 0. The molecule has 2 aliphatic heterocycles. The van der Waals surface area contributed by atoms with Crippen molar-refractivity contribution in [2.45, 2.75) is 58.0 Å². The smallest absolute Gasteiger partial charge is 0.0965 e. The number of hydrogen-bond acceptors (Lipinski definition) is 4. The third-order valence-electron chi connectivity index (χ3n) is 5.24. The quantitative estimate of drug-likeness (QED) is 0.849. The van der Waals surface area contributed by atoms with Crippen molar-refractivity contribution in [1.82, 2.24) is 14.8 Å². The van der Waals surface area contributed by atoms with Gasteiger partial charge in [-0.1, -0.05) is 27.2 Å².